The van der Waals surface area contributed by atoms with Crippen LogP contribution in [0.4, 0.5) is 0 Å². The maximum Gasteiger partial charge on any atom is 0.335 e. The first kappa shape index (κ1) is 21.8. The van der Waals surface area contributed by atoms with Gasteiger partial charge in [-0.15, -0.1) is 0 Å². The highest BCUT2D eigenvalue weighted by atomic mass is 79.9. The molecule has 3 nitrogen and oxygen atoms in total. The van der Waals surface area contributed by atoms with Crippen molar-refractivity contribution in [2.75, 3.05) is 7.11 Å². The van der Waals surface area contributed by atoms with Crippen LogP contribution in [0.2, 0.25) is 0 Å². The molecule has 4 fully saturated rings. The van der Waals surface area contributed by atoms with Gasteiger partial charge in [-0.05, 0) is 104 Å². The minimum Gasteiger partial charge on any atom is -0.496 e. The van der Waals surface area contributed by atoms with Crippen LogP contribution in [0.5, 0.6) is 5.75 Å². The van der Waals surface area contributed by atoms with E-state index in [0.717, 1.165) is 40.0 Å². The van der Waals surface area contributed by atoms with Crippen molar-refractivity contribution in [1.29, 1.82) is 0 Å². The normalized spacial score (nSPS) is 28.7. The number of hydrogen-bond donors (Lipinski definition) is 1. The average molecular weight is 495 g/mol. The van der Waals surface area contributed by atoms with Gasteiger partial charge in [-0.2, -0.15) is 0 Å². The zero-order valence-corrected chi connectivity index (χ0v) is 20.2. The van der Waals surface area contributed by atoms with E-state index in [9.17, 15) is 9.90 Å². The van der Waals surface area contributed by atoms with Gasteiger partial charge in [-0.1, -0.05) is 46.3 Å². The number of halogens is 1. The molecule has 6 rings (SSSR count). The Morgan fingerprint density at radius 3 is 2.38 bits per heavy atom. The van der Waals surface area contributed by atoms with Crippen LogP contribution < -0.4 is 4.74 Å². The van der Waals surface area contributed by atoms with Crippen molar-refractivity contribution in [2.45, 2.75) is 56.8 Å². The summed E-state index contributed by atoms with van der Waals surface area (Å²) in [6, 6.07) is 14.2. The van der Waals surface area contributed by atoms with E-state index in [1.54, 1.807) is 7.11 Å². The van der Waals surface area contributed by atoms with Crippen molar-refractivity contribution in [3.8, 4) is 5.75 Å². The third-order valence-corrected chi connectivity index (χ3v) is 8.52. The highest BCUT2D eigenvalue weighted by Crippen LogP contribution is 2.61. The lowest BCUT2D eigenvalue weighted by molar-refractivity contribution is -0.130. The van der Waals surface area contributed by atoms with E-state index in [1.807, 2.05) is 30.3 Å². The topological polar surface area (TPSA) is 46.5 Å². The molecule has 0 spiro atoms. The van der Waals surface area contributed by atoms with Gasteiger partial charge in [0.2, 0.25) is 0 Å². The molecule has 4 aliphatic rings. The van der Waals surface area contributed by atoms with Crippen molar-refractivity contribution < 1.29 is 14.6 Å². The van der Waals surface area contributed by atoms with Gasteiger partial charge in [-0.3, -0.25) is 0 Å². The van der Waals surface area contributed by atoms with Gasteiger partial charge in [0.1, 0.15) is 5.75 Å². The molecule has 4 saturated carbocycles. The highest BCUT2D eigenvalue weighted by Gasteiger charge is 2.52. The smallest absolute Gasteiger partial charge is 0.335 e. The van der Waals surface area contributed by atoms with E-state index in [0.29, 0.717) is 17.4 Å². The molecule has 4 bridgehead atoms. The quantitative estimate of drug-likeness (QED) is 0.420. The fraction of sp³-hybridized carbons (Fsp3) is 0.464. The molecule has 0 amide bonds. The van der Waals surface area contributed by atoms with Gasteiger partial charge < -0.3 is 9.84 Å². The number of rotatable bonds is 7. The van der Waals surface area contributed by atoms with Crippen LogP contribution in [-0.4, -0.2) is 18.2 Å². The Hall–Kier alpha value is -2.07. The van der Waals surface area contributed by atoms with Gasteiger partial charge >= 0.3 is 5.97 Å². The monoisotopic (exact) mass is 494 g/mol. The van der Waals surface area contributed by atoms with Crippen LogP contribution in [0.15, 0.2) is 53.0 Å². The maximum absolute atomic E-state index is 11.8. The Morgan fingerprint density at radius 2 is 1.78 bits per heavy atom. The molecule has 1 N–H and O–H groups in total. The third kappa shape index (κ3) is 4.14. The lowest BCUT2D eigenvalue weighted by Gasteiger charge is -2.57. The maximum atomic E-state index is 11.8. The Bertz CT molecular complexity index is 1020. The minimum atomic E-state index is -0.891. The second-order valence-corrected chi connectivity index (χ2v) is 11.1. The average Bonchev–Trinajstić information content (AvgIpc) is 2.75. The summed E-state index contributed by atoms with van der Waals surface area (Å²) < 4.78 is 6.79. The molecule has 0 aromatic heterocycles. The molecule has 0 radical (unpaired) electrons. The number of hydrogen-bond acceptors (Lipinski definition) is 2. The fourth-order valence-electron chi connectivity index (χ4n) is 7.14. The van der Waals surface area contributed by atoms with Gasteiger partial charge in [-0.25, -0.2) is 4.79 Å². The molecular weight excluding hydrogens is 464 g/mol. The largest absolute Gasteiger partial charge is 0.496 e. The van der Waals surface area contributed by atoms with Crippen LogP contribution in [0.3, 0.4) is 0 Å². The molecule has 0 aliphatic heterocycles. The van der Waals surface area contributed by atoms with Crippen LogP contribution in [0.25, 0.3) is 5.57 Å². The SMILES string of the molecule is COc1cc(CC/C=C(/C(=O)O)c2cccc(Br)c2)ccc1C12CC3CC(CC(C3)C1)C2. The van der Waals surface area contributed by atoms with E-state index in [4.69, 9.17) is 4.74 Å². The zero-order valence-electron chi connectivity index (χ0n) is 18.6. The molecule has 0 unspecified atom stereocenters. The number of carboxylic acid groups (broad SMARTS) is 1. The summed E-state index contributed by atoms with van der Waals surface area (Å²) in [6.45, 7) is 0. The van der Waals surface area contributed by atoms with Crippen molar-refractivity contribution in [2.24, 2.45) is 17.8 Å². The van der Waals surface area contributed by atoms with Crippen LogP contribution in [0.1, 0.15) is 61.6 Å². The molecule has 0 atom stereocenters. The summed E-state index contributed by atoms with van der Waals surface area (Å²) in [5.74, 6) is 2.85. The van der Waals surface area contributed by atoms with Gasteiger partial charge in [0, 0.05) is 10.0 Å². The number of allylic oxidation sites excluding steroid dienone is 1. The number of carboxylic acids is 1. The van der Waals surface area contributed by atoms with E-state index < -0.39 is 5.97 Å². The first-order valence-electron chi connectivity index (χ1n) is 11.8. The first-order chi connectivity index (χ1) is 15.5. The Kier molecular flexibility index (Phi) is 5.92. The third-order valence-electron chi connectivity index (χ3n) is 8.02. The number of aliphatic carboxylic acids is 1. The predicted octanol–water partition coefficient (Wildman–Crippen LogP) is 7.03. The first-order valence-corrected chi connectivity index (χ1v) is 12.6. The van der Waals surface area contributed by atoms with E-state index in [-0.39, 0.29) is 0 Å². The van der Waals surface area contributed by atoms with Crippen LogP contribution in [0, 0.1) is 17.8 Å². The molecule has 4 heteroatoms. The van der Waals surface area contributed by atoms with Crippen LogP contribution >= 0.6 is 15.9 Å². The summed E-state index contributed by atoms with van der Waals surface area (Å²) in [5.41, 5.74) is 4.00. The van der Waals surface area contributed by atoms with Gasteiger partial charge in [0.15, 0.2) is 0 Å². The summed E-state index contributed by atoms with van der Waals surface area (Å²) in [7, 11) is 1.79. The predicted molar refractivity (Wildman–Crippen MR) is 131 cm³/mol. The van der Waals surface area contributed by atoms with Gasteiger partial charge in [0.05, 0.1) is 12.7 Å². The van der Waals surface area contributed by atoms with Gasteiger partial charge in [0.25, 0.3) is 0 Å². The molecule has 168 valence electrons. The van der Waals surface area contributed by atoms with Crippen molar-refractivity contribution >= 4 is 27.5 Å². The lowest BCUT2D eigenvalue weighted by atomic mass is 9.48. The van der Waals surface area contributed by atoms with Crippen molar-refractivity contribution in [1.82, 2.24) is 0 Å². The molecule has 2 aromatic carbocycles. The summed E-state index contributed by atoms with van der Waals surface area (Å²) in [6.07, 6.45) is 11.6. The summed E-state index contributed by atoms with van der Waals surface area (Å²) in [4.78, 5) is 11.8. The number of aryl methyl sites for hydroxylation is 1. The highest BCUT2D eigenvalue weighted by molar-refractivity contribution is 9.10. The van der Waals surface area contributed by atoms with Crippen LogP contribution in [-0.2, 0) is 16.6 Å². The number of benzene rings is 2. The summed E-state index contributed by atoms with van der Waals surface area (Å²) >= 11 is 3.43. The Morgan fingerprint density at radius 1 is 1.09 bits per heavy atom. The Labute approximate surface area is 199 Å². The van der Waals surface area contributed by atoms with E-state index in [1.165, 1.54) is 49.7 Å². The van der Waals surface area contributed by atoms with Crippen molar-refractivity contribution in [3.05, 3.63) is 69.7 Å². The number of carbonyl (C=O) groups is 1. The summed E-state index contributed by atoms with van der Waals surface area (Å²) in [5, 5.41) is 9.68. The van der Waals surface area contributed by atoms with Crippen molar-refractivity contribution in [3.63, 3.8) is 0 Å². The second kappa shape index (κ2) is 8.70. The molecule has 0 saturated heterocycles. The van der Waals surface area contributed by atoms with E-state index >= 15 is 0 Å². The zero-order chi connectivity index (χ0) is 22.3. The molecule has 32 heavy (non-hydrogen) atoms. The van der Waals surface area contributed by atoms with E-state index in [2.05, 4.69) is 34.1 Å². The fourth-order valence-corrected chi connectivity index (χ4v) is 7.54. The Balaban J connectivity index is 1.34. The lowest BCUT2D eigenvalue weighted by Crippen LogP contribution is -2.48. The number of methoxy groups -OCH3 is 1. The molecular formula is C28H31BrO3. The number of ether oxygens (including phenoxy) is 1. The molecule has 2 aromatic rings. The molecule has 0 heterocycles. The standard InChI is InChI=1S/C28H31BrO3/c1-32-26-13-18(4-2-7-24(27(30)31)22-5-3-6-23(29)14-22)8-9-25(26)28-15-19-10-20(16-28)12-21(11-19)17-28/h3,5-9,13-14,19-21H,2,4,10-12,15-17H2,1H3,(H,30,31)/b24-7+. The minimum absolute atomic E-state index is 0.315. The second-order valence-electron chi connectivity index (χ2n) is 10.2. The molecule has 4 aliphatic carbocycles.